The van der Waals surface area contributed by atoms with Crippen molar-refractivity contribution in [1.29, 1.82) is 0 Å². The van der Waals surface area contributed by atoms with E-state index in [1.807, 2.05) is 18.2 Å². The van der Waals surface area contributed by atoms with Gasteiger partial charge in [-0.25, -0.2) is 4.98 Å². The van der Waals surface area contributed by atoms with Crippen molar-refractivity contribution in [2.75, 3.05) is 25.4 Å². The number of fused-ring (bicyclic) bond motifs is 1. The predicted octanol–water partition coefficient (Wildman–Crippen LogP) is 3.95. The summed E-state index contributed by atoms with van der Waals surface area (Å²) in [4.78, 5) is 6.86. The van der Waals surface area contributed by atoms with Gasteiger partial charge < -0.3 is 15.2 Å². The second kappa shape index (κ2) is 7.14. The van der Waals surface area contributed by atoms with Crippen LogP contribution in [0.3, 0.4) is 0 Å². The molecule has 0 amide bonds. The van der Waals surface area contributed by atoms with Crippen molar-refractivity contribution in [3.63, 3.8) is 0 Å². The van der Waals surface area contributed by atoms with Crippen LogP contribution in [0.1, 0.15) is 39.7 Å². The molecule has 0 bridgehead atoms. The van der Waals surface area contributed by atoms with Crippen LogP contribution in [0.15, 0.2) is 18.2 Å². The van der Waals surface area contributed by atoms with E-state index in [0.717, 1.165) is 43.5 Å². The maximum Gasteiger partial charge on any atom is 0.201 e. The van der Waals surface area contributed by atoms with E-state index >= 15 is 0 Å². The Balaban J connectivity index is 2.09. The highest BCUT2D eigenvalue weighted by Crippen LogP contribution is 2.27. The molecule has 0 saturated heterocycles. The summed E-state index contributed by atoms with van der Waals surface area (Å²) in [5.41, 5.74) is 8.02. The average Bonchev–Trinajstić information content (AvgIpc) is 2.78. The number of benzene rings is 1. The Morgan fingerprint density at radius 1 is 1.33 bits per heavy atom. The van der Waals surface area contributed by atoms with Gasteiger partial charge in [0.1, 0.15) is 0 Å². The maximum atomic E-state index is 6.09. The molecule has 1 heterocycles. The highest BCUT2D eigenvalue weighted by molar-refractivity contribution is 6.31. The van der Waals surface area contributed by atoms with Crippen molar-refractivity contribution in [2.45, 2.75) is 39.7 Å². The third-order valence-corrected chi connectivity index (χ3v) is 4.35. The van der Waals surface area contributed by atoms with Crippen molar-refractivity contribution in [2.24, 2.45) is 0 Å². The van der Waals surface area contributed by atoms with Crippen LogP contribution < -0.4 is 5.73 Å². The number of aromatic nitrogens is 2. The third-order valence-electron chi connectivity index (χ3n) is 4.11. The molecular formula is C16H25ClN4. The molecule has 2 aromatic rings. The van der Waals surface area contributed by atoms with Crippen LogP contribution in [0.25, 0.3) is 11.0 Å². The quantitative estimate of drug-likeness (QED) is 0.842. The van der Waals surface area contributed by atoms with Gasteiger partial charge >= 0.3 is 0 Å². The number of anilines is 1. The highest BCUT2D eigenvalue weighted by Gasteiger charge is 2.14. The zero-order valence-electron chi connectivity index (χ0n) is 13.1. The fraction of sp³-hybridized carbons (Fsp3) is 0.562. The van der Waals surface area contributed by atoms with Gasteiger partial charge in [0.05, 0.1) is 11.0 Å². The molecule has 0 fully saturated rings. The number of nitrogens with zero attached hydrogens (tertiary/aromatic N) is 3. The van der Waals surface area contributed by atoms with Crippen LogP contribution in [0, 0.1) is 0 Å². The average molecular weight is 309 g/mol. The summed E-state index contributed by atoms with van der Waals surface area (Å²) in [6, 6.07) is 6.10. The number of imidazole rings is 1. The number of halogens is 1. The molecular weight excluding hydrogens is 284 g/mol. The molecule has 0 aliphatic rings. The fourth-order valence-corrected chi connectivity index (χ4v) is 3.00. The molecule has 1 aromatic carbocycles. The monoisotopic (exact) mass is 308 g/mol. The molecule has 21 heavy (non-hydrogen) atoms. The van der Waals surface area contributed by atoms with Crippen molar-refractivity contribution < 1.29 is 0 Å². The van der Waals surface area contributed by atoms with Gasteiger partial charge in [-0.1, -0.05) is 25.4 Å². The van der Waals surface area contributed by atoms with E-state index < -0.39 is 0 Å². The molecule has 2 N–H and O–H groups in total. The summed E-state index contributed by atoms with van der Waals surface area (Å²) in [7, 11) is 0. The lowest BCUT2D eigenvalue weighted by Gasteiger charge is -2.20. The van der Waals surface area contributed by atoms with Gasteiger partial charge in [-0.05, 0) is 57.6 Å². The molecule has 0 spiro atoms. The van der Waals surface area contributed by atoms with Gasteiger partial charge in [-0.3, -0.25) is 0 Å². The Labute approximate surface area is 131 Å². The lowest BCUT2D eigenvalue weighted by molar-refractivity contribution is 0.289. The summed E-state index contributed by atoms with van der Waals surface area (Å²) in [6.45, 7) is 9.97. The summed E-state index contributed by atoms with van der Waals surface area (Å²) >= 11 is 6.01. The molecule has 0 saturated carbocycles. The predicted molar refractivity (Wildman–Crippen MR) is 90.9 cm³/mol. The second-order valence-corrected chi connectivity index (χ2v) is 5.93. The molecule has 1 unspecified atom stereocenters. The number of hydrogen-bond donors (Lipinski definition) is 1. The van der Waals surface area contributed by atoms with E-state index in [1.165, 1.54) is 0 Å². The molecule has 5 heteroatoms. The van der Waals surface area contributed by atoms with Crippen LogP contribution in [-0.4, -0.2) is 34.1 Å². The minimum absolute atomic E-state index is 0.340. The van der Waals surface area contributed by atoms with Crippen molar-refractivity contribution in [1.82, 2.24) is 14.5 Å². The molecule has 0 aliphatic heterocycles. The summed E-state index contributed by atoms with van der Waals surface area (Å²) in [5.74, 6) is 0.572. The standard InChI is InChI=1S/C16H25ClN4/c1-4-20(5-2)10-6-7-12(3)21-15-9-8-13(17)11-14(15)19-16(21)18/h8-9,11-12H,4-7,10H2,1-3H3,(H2,18,19). The Morgan fingerprint density at radius 3 is 2.71 bits per heavy atom. The molecule has 2 rings (SSSR count). The maximum absolute atomic E-state index is 6.09. The van der Waals surface area contributed by atoms with E-state index in [4.69, 9.17) is 17.3 Å². The largest absolute Gasteiger partial charge is 0.369 e. The molecule has 0 radical (unpaired) electrons. The van der Waals surface area contributed by atoms with Crippen LogP contribution in [0.2, 0.25) is 5.02 Å². The SMILES string of the molecule is CCN(CC)CCCC(C)n1c(N)nc2cc(Cl)ccc21. The Morgan fingerprint density at radius 2 is 2.05 bits per heavy atom. The van der Waals surface area contributed by atoms with Gasteiger partial charge in [0.25, 0.3) is 0 Å². The fourth-order valence-electron chi connectivity index (χ4n) is 2.83. The van der Waals surface area contributed by atoms with E-state index in [0.29, 0.717) is 17.0 Å². The molecule has 1 aromatic heterocycles. The van der Waals surface area contributed by atoms with Crippen LogP contribution >= 0.6 is 11.6 Å². The summed E-state index contributed by atoms with van der Waals surface area (Å²) in [5, 5.41) is 0.696. The van der Waals surface area contributed by atoms with E-state index in [2.05, 4.69) is 35.2 Å². The lowest BCUT2D eigenvalue weighted by Crippen LogP contribution is -2.24. The normalized spacial score (nSPS) is 13.2. The first-order valence-corrected chi connectivity index (χ1v) is 8.09. The van der Waals surface area contributed by atoms with E-state index in [-0.39, 0.29) is 0 Å². The summed E-state index contributed by atoms with van der Waals surface area (Å²) in [6.07, 6.45) is 2.25. The smallest absolute Gasteiger partial charge is 0.201 e. The van der Waals surface area contributed by atoms with Gasteiger partial charge in [0.15, 0.2) is 0 Å². The molecule has 1 atom stereocenters. The number of rotatable bonds is 7. The van der Waals surface area contributed by atoms with E-state index in [1.54, 1.807) is 0 Å². The zero-order valence-corrected chi connectivity index (χ0v) is 13.9. The Hall–Kier alpha value is -1.26. The van der Waals surface area contributed by atoms with Gasteiger partial charge in [0.2, 0.25) is 5.95 Å². The van der Waals surface area contributed by atoms with Crippen LogP contribution in [0.4, 0.5) is 5.95 Å². The summed E-state index contributed by atoms with van der Waals surface area (Å²) < 4.78 is 2.12. The Kier molecular flexibility index (Phi) is 5.48. The van der Waals surface area contributed by atoms with Gasteiger partial charge in [-0.15, -0.1) is 0 Å². The molecule has 4 nitrogen and oxygen atoms in total. The minimum Gasteiger partial charge on any atom is -0.369 e. The van der Waals surface area contributed by atoms with Crippen LogP contribution in [0.5, 0.6) is 0 Å². The number of nitrogen functional groups attached to an aromatic ring is 1. The first-order valence-electron chi connectivity index (χ1n) is 7.72. The third kappa shape index (κ3) is 3.69. The van der Waals surface area contributed by atoms with Crippen molar-refractivity contribution >= 4 is 28.6 Å². The first-order chi connectivity index (χ1) is 10.1. The zero-order chi connectivity index (χ0) is 15.4. The first kappa shape index (κ1) is 16.1. The number of nitrogens with two attached hydrogens (primary N) is 1. The lowest BCUT2D eigenvalue weighted by atomic mass is 10.1. The van der Waals surface area contributed by atoms with Crippen molar-refractivity contribution in [3.8, 4) is 0 Å². The highest BCUT2D eigenvalue weighted by atomic mass is 35.5. The van der Waals surface area contributed by atoms with Crippen molar-refractivity contribution in [3.05, 3.63) is 23.2 Å². The van der Waals surface area contributed by atoms with E-state index in [9.17, 15) is 0 Å². The molecule has 116 valence electrons. The van der Waals surface area contributed by atoms with Crippen LogP contribution in [-0.2, 0) is 0 Å². The topological polar surface area (TPSA) is 47.1 Å². The molecule has 0 aliphatic carbocycles. The Bertz CT molecular complexity index is 589. The number of hydrogen-bond acceptors (Lipinski definition) is 3. The second-order valence-electron chi connectivity index (χ2n) is 5.49. The van der Waals surface area contributed by atoms with Gasteiger partial charge in [0, 0.05) is 11.1 Å². The van der Waals surface area contributed by atoms with Gasteiger partial charge in [-0.2, -0.15) is 0 Å². The minimum atomic E-state index is 0.340.